The molecule has 1 fully saturated rings. The van der Waals surface area contributed by atoms with Gasteiger partial charge >= 0.3 is 0 Å². The molecule has 2 rings (SSSR count). The third-order valence-corrected chi connectivity index (χ3v) is 6.10. The van der Waals surface area contributed by atoms with Gasteiger partial charge in [0.1, 0.15) is 6.54 Å². The minimum Gasteiger partial charge on any atom is -0.332 e. The summed E-state index contributed by atoms with van der Waals surface area (Å²) in [7, 11) is -1.98. The molecule has 6 nitrogen and oxygen atoms in total. The summed E-state index contributed by atoms with van der Waals surface area (Å²) >= 11 is 5.78. The van der Waals surface area contributed by atoms with Gasteiger partial charge in [-0.3, -0.25) is 4.79 Å². The number of hydrogen-bond donors (Lipinski definition) is 0. The van der Waals surface area contributed by atoms with E-state index in [4.69, 9.17) is 16.9 Å². The molecule has 1 saturated heterocycles. The van der Waals surface area contributed by atoms with Crippen LogP contribution in [0, 0.1) is 17.2 Å². The highest BCUT2D eigenvalue weighted by molar-refractivity contribution is 7.89. The van der Waals surface area contributed by atoms with E-state index in [1.165, 1.54) is 21.3 Å². The van der Waals surface area contributed by atoms with Crippen molar-refractivity contribution in [3.63, 3.8) is 0 Å². The average molecular weight is 356 g/mol. The van der Waals surface area contributed by atoms with Gasteiger partial charge in [-0.2, -0.15) is 9.57 Å². The van der Waals surface area contributed by atoms with Crippen molar-refractivity contribution in [2.24, 2.45) is 5.92 Å². The summed E-state index contributed by atoms with van der Waals surface area (Å²) in [6, 6.07) is 7.98. The first-order valence-corrected chi connectivity index (χ1v) is 9.05. The van der Waals surface area contributed by atoms with Crippen LogP contribution in [0.25, 0.3) is 0 Å². The molecule has 0 unspecified atom stereocenters. The maximum absolute atomic E-state index is 12.6. The van der Waals surface area contributed by atoms with Crippen LogP contribution in [0.4, 0.5) is 0 Å². The lowest BCUT2D eigenvalue weighted by Gasteiger charge is -2.32. The Morgan fingerprint density at radius 2 is 1.91 bits per heavy atom. The van der Waals surface area contributed by atoms with Gasteiger partial charge in [0.2, 0.25) is 15.9 Å². The number of benzene rings is 1. The fourth-order valence-corrected chi connectivity index (χ4v) is 4.19. The summed E-state index contributed by atoms with van der Waals surface area (Å²) < 4.78 is 26.5. The van der Waals surface area contributed by atoms with Crippen molar-refractivity contribution < 1.29 is 13.2 Å². The molecule has 1 aromatic carbocycles. The Labute approximate surface area is 141 Å². The molecule has 0 radical (unpaired) electrons. The number of carbonyl (C=O) groups is 1. The second-order valence-corrected chi connectivity index (χ2v) is 7.86. The van der Waals surface area contributed by atoms with Gasteiger partial charge in [0.25, 0.3) is 0 Å². The second kappa shape index (κ2) is 7.30. The summed E-state index contributed by atoms with van der Waals surface area (Å²) in [5, 5.41) is 9.12. The molecule has 1 aliphatic rings. The Morgan fingerprint density at radius 1 is 1.35 bits per heavy atom. The Hall–Kier alpha value is -1.62. The number of hydrogen-bond acceptors (Lipinski definition) is 4. The van der Waals surface area contributed by atoms with E-state index in [9.17, 15) is 13.2 Å². The molecule has 1 aromatic rings. The van der Waals surface area contributed by atoms with E-state index in [0.29, 0.717) is 31.0 Å². The molecule has 1 amide bonds. The molecule has 0 bridgehead atoms. The lowest BCUT2D eigenvalue weighted by atomic mass is 9.97. The van der Waals surface area contributed by atoms with Crippen LogP contribution in [0.3, 0.4) is 0 Å². The predicted octanol–water partition coefficient (Wildman–Crippen LogP) is 1.72. The van der Waals surface area contributed by atoms with Crippen molar-refractivity contribution >= 4 is 27.5 Å². The van der Waals surface area contributed by atoms with E-state index in [1.54, 1.807) is 19.2 Å². The van der Waals surface area contributed by atoms with Gasteiger partial charge in [-0.1, -0.05) is 11.6 Å². The zero-order chi connectivity index (χ0) is 17.0. The Kier molecular flexibility index (Phi) is 5.63. The van der Waals surface area contributed by atoms with Crippen LogP contribution in [0.15, 0.2) is 29.2 Å². The molecular weight excluding hydrogens is 338 g/mol. The van der Waals surface area contributed by atoms with E-state index in [2.05, 4.69) is 0 Å². The number of sulfonamides is 1. The summed E-state index contributed by atoms with van der Waals surface area (Å²) in [5.41, 5.74) is 0. The number of amides is 1. The molecule has 0 spiro atoms. The van der Waals surface area contributed by atoms with Crippen LogP contribution in [0.5, 0.6) is 0 Å². The minimum atomic E-state index is -3.56. The normalized spacial score (nSPS) is 16.7. The predicted molar refractivity (Wildman–Crippen MR) is 86.2 cm³/mol. The van der Waals surface area contributed by atoms with Crippen molar-refractivity contribution in [1.29, 1.82) is 5.26 Å². The largest absolute Gasteiger partial charge is 0.332 e. The lowest BCUT2D eigenvalue weighted by molar-refractivity contribution is -0.134. The monoisotopic (exact) mass is 355 g/mol. The highest BCUT2D eigenvalue weighted by atomic mass is 35.5. The molecule has 0 aromatic heterocycles. The van der Waals surface area contributed by atoms with Crippen molar-refractivity contribution in [2.75, 3.05) is 26.7 Å². The number of nitrogens with zero attached hydrogens (tertiary/aromatic N) is 3. The second-order valence-electron chi connectivity index (χ2n) is 5.48. The van der Waals surface area contributed by atoms with Crippen LogP contribution < -0.4 is 0 Å². The molecule has 0 saturated carbocycles. The quantitative estimate of drug-likeness (QED) is 0.770. The number of nitriles is 1. The first-order valence-electron chi connectivity index (χ1n) is 7.24. The molecule has 1 aliphatic heterocycles. The number of piperidine rings is 1. The SMILES string of the molecule is CN(CC#N)C(=O)C1CCN(S(=O)(=O)c2ccc(Cl)cc2)CC1. The molecule has 124 valence electrons. The minimum absolute atomic E-state index is 0.0438. The van der Waals surface area contributed by atoms with Gasteiger partial charge in [0.15, 0.2) is 0 Å². The number of rotatable bonds is 4. The van der Waals surface area contributed by atoms with Crippen molar-refractivity contribution in [1.82, 2.24) is 9.21 Å². The third kappa shape index (κ3) is 4.02. The van der Waals surface area contributed by atoms with Crippen LogP contribution in [-0.2, 0) is 14.8 Å². The first-order chi connectivity index (χ1) is 10.9. The summed E-state index contributed by atoms with van der Waals surface area (Å²) in [6.07, 6.45) is 0.919. The van der Waals surface area contributed by atoms with E-state index in [0.717, 1.165) is 0 Å². The lowest BCUT2D eigenvalue weighted by Crippen LogP contribution is -2.43. The molecule has 1 heterocycles. The van der Waals surface area contributed by atoms with E-state index >= 15 is 0 Å². The van der Waals surface area contributed by atoms with Crippen LogP contribution >= 0.6 is 11.6 Å². The highest BCUT2D eigenvalue weighted by Gasteiger charge is 2.33. The van der Waals surface area contributed by atoms with E-state index in [-0.39, 0.29) is 23.3 Å². The summed E-state index contributed by atoms with van der Waals surface area (Å²) in [4.78, 5) is 13.7. The molecule has 23 heavy (non-hydrogen) atoms. The summed E-state index contributed by atoms with van der Waals surface area (Å²) in [5.74, 6) is -0.333. The summed E-state index contributed by atoms with van der Waals surface area (Å²) in [6.45, 7) is 0.631. The molecular formula is C15H18ClN3O3S. The topological polar surface area (TPSA) is 81.5 Å². The third-order valence-electron chi connectivity index (χ3n) is 3.94. The van der Waals surface area contributed by atoms with Crippen LogP contribution in [-0.4, -0.2) is 50.2 Å². The van der Waals surface area contributed by atoms with Crippen molar-refractivity contribution in [3.8, 4) is 6.07 Å². The van der Waals surface area contributed by atoms with Gasteiger partial charge in [0, 0.05) is 31.1 Å². The fraction of sp³-hybridized carbons (Fsp3) is 0.467. The standard InChI is InChI=1S/C15H18ClN3O3S/c1-18(11-8-17)15(20)12-6-9-19(10-7-12)23(21,22)14-4-2-13(16)3-5-14/h2-5,12H,6-7,9-11H2,1H3. The van der Waals surface area contributed by atoms with Crippen molar-refractivity contribution in [3.05, 3.63) is 29.3 Å². The number of carbonyl (C=O) groups excluding carboxylic acids is 1. The smallest absolute Gasteiger partial charge is 0.243 e. The Morgan fingerprint density at radius 3 is 2.43 bits per heavy atom. The molecule has 0 N–H and O–H groups in total. The highest BCUT2D eigenvalue weighted by Crippen LogP contribution is 2.25. The maximum Gasteiger partial charge on any atom is 0.243 e. The van der Waals surface area contributed by atoms with Crippen LogP contribution in [0.1, 0.15) is 12.8 Å². The molecule has 0 atom stereocenters. The molecule has 0 aliphatic carbocycles. The zero-order valence-corrected chi connectivity index (χ0v) is 14.3. The maximum atomic E-state index is 12.6. The van der Waals surface area contributed by atoms with Gasteiger partial charge in [-0.15, -0.1) is 0 Å². The Balaban J connectivity index is 2.02. The van der Waals surface area contributed by atoms with Gasteiger partial charge in [0.05, 0.1) is 11.0 Å². The first kappa shape index (κ1) is 17.7. The van der Waals surface area contributed by atoms with E-state index in [1.807, 2.05) is 6.07 Å². The Bertz CT molecular complexity index is 704. The number of halogens is 1. The van der Waals surface area contributed by atoms with Gasteiger partial charge < -0.3 is 4.90 Å². The van der Waals surface area contributed by atoms with E-state index < -0.39 is 10.0 Å². The average Bonchev–Trinajstić information content (AvgIpc) is 2.55. The van der Waals surface area contributed by atoms with Crippen LogP contribution in [0.2, 0.25) is 5.02 Å². The molecule has 8 heteroatoms. The van der Waals surface area contributed by atoms with Gasteiger partial charge in [-0.05, 0) is 37.1 Å². The fourth-order valence-electron chi connectivity index (χ4n) is 2.59. The van der Waals surface area contributed by atoms with Gasteiger partial charge in [-0.25, -0.2) is 8.42 Å². The van der Waals surface area contributed by atoms with Crippen molar-refractivity contribution in [2.45, 2.75) is 17.7 Å². The zero-order valence-electron chi connectivity index (χ0n) is 12.8.